The highest BCUT2D eigenvalue weighted by atomic mass is 35.5. The van der Waals surface area contributed by atoms with E-state index in [4.69, 9.17) is 0 Å². The summed E-state index contributed by atoms with van der Waals surface area (Å²) in [5.41, 5.74) is 3.96. The fourth-order valence-corrected chi connectivity index (χ4v) is 3.94. The summed E-state index contributed by atoms with van der Waals surface area (Å²) in [5, 5.41) is 14.1. The molecule has 0 radical (unpaired) electrons. The van der Waals surface area contributed by atoms with E-state index in [0.717, 1.165) is 19.3 Å². The molecule has 0 heterocycles. The summed E-state index contributed by atoms with van der Waals surface area (Å²) in [4.78, 5) is 0. The maximum atomic E-state index is 10.5. The van der Waals surface area contributed by atoms with Crippen LogP contribution >= 0.6 is 12.4 Å². The highest BCUT2D eigenvalue weighted by Gasteiger charge is 2.31. The molecular formula is C23H32ClNO. The average molecular weight is 374 g/mol. The molecule has 1 aliphatic rings. The third-order valence-corrected chi connectivity index (χ3v) is 5.13. The molecule has 142 valence electrons. The summed E-state index contributed by atoms with van der Waals surface area (Å²) in [6.07, 6.45) is 3.97. The van der Waals surface area contributed by atoms with Crippen molar-refractivity contribution in [1.82, 2.24) is 5.32 Å². The lowest BCUT2D eigenvalue weighted by atomic mass is 9.80. The zero-order valence-electron chi connectivity index (χ0n) is 16.1. The molecular weight excluding hydrogens is 342 g/mol. The Bertz CT molecular complexity index is 663. The van der Waals surface area contributed by atoms with Gasteiger partial charge < -0.3 is 10.4 Å². The molecule has 0 unspecified atom stereocenters. The van der Waals surface area contributed by atoms with Crippen LogP contribution in [0, 0.1) is 5.92 Å². The smallest absolute Gasteiger partial charge is 0.0696 e. The van der Waals surface area contributed by atoms with Gasteiger partial charge >= 0.3 is 0 Å². The standard InChI is InChI=1S/C23H31NO.ClH/c1-23(2,3)24-21-14-11-18(16-22(21)25)15-17-9-12-20(13-10-17)19-7-5-4-6-8-19;/h4-10,12-13,18,21-22,24-25H,11,14-16H2,1-3H3;1H/t18-,21-,22-;/m1./s1. The third-order valence-electron chi connectivity index (χ3n) is 5.13. The van der Waals surface area contributed by atoms with Gasteiger partial charge in [0.15, 0.2) is 0 Å². The Morgan fingerprint density at radius 2 is 1.54 bits per heavy atom. The summed E-state index contributed by atoms with van der Waals surface area (Å²) in [7, 11) is 0. The van der Waals surface area contributed by atoms with E-state index in [1.165, 1.54) is 23.1 Å². The van der Waals surface area contributed by atoms with E-state index in [1.54, 1.807) is 0 Å². The van der Waals surface area contributed by atoms with Crippen LogP contribution in [0.5, 0.6) is 0 Å². The van der Waals surface area contributed by atoms with Crippen molar-refractivity contribution in [1.29, 1.82) is 0 Å². The zero-order valence-corrected chi connectivity index (χ0v) is 16.9. The van der Waals surface area contributed by atoms with E-state index in [2.05, 4.69) is 74.6 Å². The Kier molecular flexibility index (Phi) is 7.28. The van der Waals surface area contributed by atoms with Gasteiger partial charge in [-0.15, -0.1) is 12.4 Å². The van der Waals surface area contributed by atoms with E-state index < -0.39 is 0 Å². The number of hydrogen-bond donors (Lipinski definition) is 2. The second-order valence-corrected chi connectivity index (χ2v) is 8.51. The number of benzene rings is 2. The first-order chi connectivity index (χ1) is 11.9. The minimum Gasteiger partial charge on any atom is -0.391 e. The lowest BCUT2D eigenvalue weighted by molar-refractivity contribution is 0.0543. The topological polar surface area (TPSA) is 32.3 Å². The fourth-order valence-electron chi connectivity index (χ4n) is 3.94. The molecule has 3 atom stereocenters. The van der Waals surface area contributed by atoms with Crippen molar-refractivity contribution >= 4 is 12.4 Å². The van der Waals surface area contributed by atoms with Crippen LogP contribution in [-0.4, -0.2) is 22.8 Å². The van der Waals surface area contributed by atoms with Crippen LogP contribution < -0.4 is 5.32 Å². The van der Waals surface area contributed by atoms with Gasteiger partial charge in [0.25, 0.3) is 0 Å². The molecule has 1 fully saturated rings. The van der Waals surface area contributed by atoms with Gasteiger partial charge in [0.1, 0.15) is 0 Å². The molecule has 0 bridgehead atoms. The maximum absolute atomic E-state index is 10.5. The summed E-state index contributed by atoms with van der Waals surface area (Å²) >= 11 is 0. The SMILES string of the molecule is CC(C)(C)N[C@@H]1CC[C@H](Cc2ccc(-c3ccccc3)cc2)C[C@H]1O.Cl. The molecule has 2 aromatic rings. The van der Waals surface area contributed by atoms with Crippen LogP contribution in [0.3, 0.4) is 0 Å². The first-order valence-electron chi connectivity index (χ1n) is 9.51. The van der Waals surface area contributed by atoms with E-state index in [-0.39, 0.29) is 30.1 Å². The average Bonchev–Trinajstić information content (AvgIpc) is 2.58. The van der Waals surface area contributed by atoms with Gasteiger partial charge in [0.2, 0.25) is 0 Å². The van der Waals surface area contributed by atoms with Crippen LogP contribution in [-0.2, 0) is 6.42 Å². The zero-order chi connectivity index (χ0) is 17.9. The Balaban J connectivity index is 0.00000243. The van der Waals surface area contributed by atoms with Gasteiger partial charge in [-0.1, -0.05) is 54.6 Å². The van der Waals surface area contributed by atoms with Crippen molar-refractivity contribution in [3.63, 3.8) is 0 Å². The Labute approximate surface area is 164 Å². The highest BCUT2D eigenvalue weighted by molar-refractivity contribution is 5.85. The second-order valence-electron chi connectivity index (χ2n) is 8.51. The lowest BCUT2D eigenvalue weighted by Gasteiger charge is -2.38. The number of halogens is 1. The van der Waals surface area contributed by atoms with Gasteiger partial charge in [0.05, 0.1) is 6.10 Å². The number of aliphatic hydroxyl groups is 1. The van der Waals surface area contributed by atoms with Crippen LogP contribution in [0.2, 0.25) is 0 Å². The van der Waals surface area contributed by atoms with Crippen molar-refractivity contribution in [3.8, 4) is 11.1 Å². The minimum atomic E-state index is -0.235. The minimum absolute atomic E-state index is 0. The van der Waals surface area contributed by atoms with Gasteiger partial charge in [-0.3, -0.25) is 0 Å². The second kappa shape index (κ2) is 9.03. The Hall–Kier alpha value is -1.35. The van der Waals surface area contributed by atoms with E-state index >= 15 is 0 Å². The fraction of sp³-hybridized carbons (Fsp3) is 0.478. The molecule has 0 aromatic heterocycles. The summed E-state index contributed by atoms with van der Waals surface area (Å²) in [6, 6.07) is 19.7. The third kappa shape index (κ3) is 5.84. The normalized spacial score (nSPS) is 23.3. The number of aliphatic hydroxyl groups excluding tert-OH is 1. The molecule has 0 amide bonds. The van der Waals surface area contributed by atoms with Crippen LogP contribution in [0.1, 0.15) is 45.6 Å². The largest absolute Gasteiger partial charge is 0.391 e. The number of rotatable bonds is 4. The van der Waals surface area contributed by atoms with Crippen molar-refractivity contribution in [3.05, 3.63) is 60.2 Å². The quantitative estimate of drug-likeness (QED) is 0.768. The molecule has 0 spiro atoms. The first kappa shape index (κ1) is 21.0. The number of nitrogens with one attached hydrogen (secondary N) is 1. The Morgan fingerprint density at radius 3 is 2.12 bits per heavy atom. The molecule has 26 heavy (non-hydrogen) atoms. The summed E-state index contributed by atoms with van der Waals surface area (Å²) in [6.45, 7) is 6.50. The van der Waals surface area contributed by atoms with Gasteiger partial charge in [0, 0.05) is 11.6 Å². The Morgan fingerprint density at radius 1 is 0.923 bits per heavy atom. The van der Waals surface area contributed by atoms with E-state index in [1.807, 2.05) is 6.07 Å². The van der Waals surface area contributed by atoms with E-state index in [9.17, 15) is 5.11 Å². The van der Waals surface area contributed by atoms with Crippen molar-refractivity contribution in [2.75, 3.05) is 0 Å². The summed E-state index contributed by atoms with van der Waals surface area (Å²) < 4.78 is 0. The molecule has 2 nitrogen and oxygen atoms in total. The highest BCUT2D eigenvalue weighted by Crippen LogP contribution is 2.29. The molecule has 0 saturated heterocycles. The number of hydrogen-bond acceptors (Lipinski definition) is 2. The maximum Gasteiger partial charge on any atom is 0.0696 e. The van der Waals surface area contributed by atoms with Crippen LogP contribution in [0.25, 0.3) is 11.1 Å². The summed E-state index contributed by atoms with van der Waals surface area (Å²) in [5.74, 6) is 0.579. The van der Waals surface area contributed by atoms with Gasteiger partial charge in [-0.05, 0) is 69.1 Å². The van der Waals surface area contributed by atoms with Crippen molar-refractivity contribution < 1.29 is 5.11 Å². The lowest BCUT2D eigenvalue weighted by Crippen LogP contribution is -2.51. The molecule has 3 heteroatoms. The molecule has 1 saturated carbocycles. The molecule has 2 aromatic carbocycles. The monoisotopic (exact) mass is 373 g/mol. The van der Waals surface area contributed by atoms with Crippen molar-refractivity contribution in [2.45, 2.75) is 64.1 Å². The van der Waals surface area contributed by atoms with Gasteiger partial charge in [-0.25, -0.2) is 0 Å². The van der Waals surface area contributed by atoms with Crippen LogP contribution in [0.15, 0.2) is 54.6 Å². The first-order valence-corrected chi connectivity index (χ1v) is 9.51. The van der Waals surface area contributed by atoms with Crippen molar-refractivity contribution in [2.24, 2.45) is 5.92 Å². The van der Waals surface area contributed by atoms with E-state index in [0.29, 0.717) is 5.92 Å². The molecule has 0 aliphatic heterocycles. The predicted octanol–water partition coefficient (Wildman–Crippen LogP) is 5.24. The van der Waals surface area contributed by atoms with Crippen LogP contribution in [0.4, 0.5) is 0 Å². The van der Waals surface area contributed by atoms with Gasteiger partial charge in [-0.2, -0.15) is 0 Å². The molecule has 2 N–H and O–H groups in total. The predicted molar refractivity (Wildman–Crippen MR) is 113 cm³/mol. The molecule has 1 aliphatic carbocycles. The molecule has 3 rings (SSSR count).